The lowest BCUT2D eigenvalue weighted by atomic mass is 10.0. The number of fused-ring (bicyclic) bond motifs is 1. The minimum atomic E-state index is -1.09. The summed E-state index contributed by atoms with van der Waals surface area (Å²) in [5, 5.41) is 12.6. The number of ether oxygens (including phenoxy) is 1. The molecule has 0 saturated carbocycles. The third-order valence-corrected chi connectivity index (χ3v) is 4.80. The van der Waals surface area contributed by atoms with Gasteiger partial charge in [0.2, 0.25) is 0 Å². The van der Waals surface area contributed by atoms with Gasteiger partial charge < -0.3 is 19.6 Å². The van der Waals surface area contributed by atoms with Crippen molar-refractivity contribution >= 4 is 22.8 Å². The van der Waals surface area contributed by atoms with Crippen LogP contribution in [0.15, 0.2) is 63.8 Å². The molecule has 3 rings (SSSR count). The van der Waals surface area contributed by atoms with Gasteiger partial charge in [-0.3, -0.25) is 4.79 Å². The first-order valence-corrected chi connectivity index (χ1v) is 10.1. The molecule has 3 aromatic rings. The van der Waals surface area contributed by atoms with Gasteiger partial charge in [-0.2, -0.15) is 0 Å². The Morgan fingerprint density at radius 3 is 2.42 bits per heavy atom. The lowest BCUT2D eigenvalue weighted by Gasteiger charge is -2.20. The van der Waals surface area contributed by atoms with E-state index in [-0.39, 0.29) is 5.92 Å². The van der Waals surface area contributed by atoms with Crippen LogP contribution in [0.2, 0.25) is 0 Å². The molecule has 162 valence electrons. The number of hydrogen-bond acceptors (Lipinski definition) is 5. The molecule has 0 bridgehead atoms. The maximum atomic E-state index is 12.4. The van der Waals surface area contributed by atoms with E-state index in [0.717, 1.165) is 16.5 Å². The Balaban J connectivity index is 1.81. The summed E-state index contributed by atoms with van der Waals surface area (Å²) in [4.78, 5) is 35.9. The van der Waals surface area contributed by atoms with E-state index in [1.54, 1.807) is 18.2 Å². The van der Waals surface area contributed by atoms with Crippen molar-refractivity contribution in [1.29, 1.82) is 0 Å². The van der Waals surface area contributed by atoms with Crippen molar-refractivity contribution in [2.24, 2.45) is 5.92 Å². The smallest absolute Gasteiger partial charge is 0.336 e. The monoisotopic (exact) mass is 423 g/mol. The van der Waals surface area contributed by atoms with Crippen molar-refractivity contribution in [3.05, 3.63) is 65.0 Å². The Hall–Kier alpha value is -3.61. The maximum Gasteiger partial charge on any atom is 0.336 e. The molecule has 2 atom stereocenters. The minimum Gasteiger partial charge on any atom is -0.481 e. The van der Waals surface area contributed by atoms with Crippen molar-refractivity contribution in [3.8, 4) is 16.9 Å². The van der Waals surface area contributed by atoms with Gasteiger partial charge in [0.05, 0.1) is 0 Å². The van der Waals surface area contributed by atoms with Crippen molar-refractivity contribution < 1.29 is 23.8 Å². The predicted molar refractivity (Wildman–Crippen MR) is 117 cm³/mol. The molecule has 2 N–H and O–H groups in total. The highest BCUT2D eigenvalue weighted by atomic mass is 16.5. The second-order valence-electron chi connectivity index (χ2n) is 7.79. The first kappa shape index (κ1) is 22.1. The van der Waals surface area contributed by atoms with Gasteiger partial charge in [-0.25, -0.2) is 9.59 Å². The molecule has 1 heterocycles. The Kier molecular flexibility index (Phi) is 6.74. The van der Waals surface area contributed by atoms with Gasteiger partial charge in [0.1, 0.15) is 17.4 Å². The van der Waals surface area contributed by atoms with Gasteiger partial charge >= 0.3 is 11.6 Å². The largest absolute Gasteiger partial charge is 0.481 e. The van der Waals surface area contributed by atoms with E-state index in [0.29, 0.717) is 17.8 Å². The summed E-state index contributed by atoms with van der Waals surface area (Å²) < 4.78 is 11.0. The zero-order chi connectivity index (χ0) is 22.5. The first-order chi connectivity index (χ1) is 14.7. The average molecular weight is 423 g/mol. The number of nitrogens with one attached hydrogen (secondary N) is 1. The van der Waals surface area contributed by atoms with E-state index in [9.17, 15) is 19.5 Å². The number of carboxylic acids is 1. The lowest BCUT2D eigenvalue weighted by Crippen LogP contribution is -2.46. The zero-order valence-electron chi connectivity index (χ0n) is 17.6. The third kappa shape index (κ3) is 5.51. The highest BCUT2D eigenvalue weighted by molar-refractivity contribution is 5.94. The number of hydrogen-bond donors (Lipinski definition) is 2. The Bertz CT molecular complexity index is 1140. The summed E-state index contributed by atoms with van der Waals surface area (Å²) in [5.41, 5.74) is 1.46. The topological polar surface area (TPSA) is 106 Å². The van der Waals surface area contributed by atoms with Crippen LogP contribution in [-0.2, 0) is 9.59 Å². The molecule has 0 saturated heterocycles. The quantitative estimate of drug-likeness (QED) is 0.533. The molecule has 0 fully saturated rings. The molecule has 7 heteroatoms. The summed E-state index contributed by atoms with van der Waals surface area (Å²) in [6.07, 6.45) is -0.618. The fourth-order valence-corrected chi connectivity index (χ4v) is 3.31. The van der Waals surface area contributed by atoms with Crippen molar-refractivity contribution in [2.75, 3.05) is 0 Å². The predicted octanol–water partition coefficient (Wildman–Crippen LogP) is 3.84. The van der Waals surface area contributed by atoms with E-state index < -0.39 is 29.6 Å². The highest BCUT2D eigenvalue weighted by Gasteiger charge is 2.24. The molecule has 0 aliphatic carbocycles. The van der Waals surface area contributed by atoms with Crippen LogP contribution in [0.25, 0.3) is 22.1 Å². The van der Waals surface area contributed by atoms with E-state index in [4.69, 9.17) is 9.15 Å². The van der Waals surface area contributed by atoms with Crippen LogP contribution in [0, 0.1) is 5.92 Å². The van der Waals surface area contributed by atoms with E-state index >= 15 is 0 Å². The number of benzene rings is 2. The summed E-state index contributed by atoms with van der Waals surface area (Å²) >= 11 is 0. The van der Waals surface area contributed by atoms with Gasteiger partial charge in [0, 0.05) is 17.5 Å². The second-order valence-corrected chi connectivity index (χ2v) is 7.79. The molecule has 0 aliphatic heterocycles. The zero-order valence-corrected chi connectivity index (χ0v) is 17.6. The fourth-order valence-electron chi connectivity index (χ4n) is 3.31. The van der Waals surface area contributed by atoms with Crippen molar-refractivity contribution in [1.82, 2.24) is 5.32 Å². The average Bonchev–Trinajstić information content (AvgIpc) is 2.72. The number of aliphatic carboxylic acids is 1. The van der Waals surface area contributed by atoms with E-state index in [2.05, 4.69) is 5.32 Å². The van der Waals surface area contributed by atoms with Crippen LogP contribution in [0.4, 0.5) is 0 Å². The van der Waals surface area contributed by atoms with Crippen molar-refractivity contribution in [3.63, 3.8) is 0 Å². The second kappa shape index (κ2) is 9.47. The molecule has 0 radical (unpaired) electrons. The summed E-state index contributed by atoms with van der Waals surface area (Å²) in [5.74, 6) is -1.18. The highest BCUT2D eigenvalue weighted by Crippen LogP contribution is 2.29. The van der Waals surface area contributed by atoms with Gasteiger partial charge in [-0.1, -0.05) is 44.2 Å². The minimum absolute atomic E-state index is 0.111. The van der Waals surface area contributed by atoms with E-state index in [1.165, 1.54) is 13.0 Å². The SMILES string of the molecule is CC(C)C[C@@H](NC(=O)[C@@H](C)Oc1ccc2c(-c3ccccc3)cc(=O)oc2c1)C(=O)O. The van der Waals surface area contributed by atoms with E-state index in [1.807, 2.05) is 44.2 Å². The fraction of sp³-hybridized carbons (Fsp3) is 0.292. The molecular formula is C24H25NO6. The number of amides is 1. The van der Waals surface area contributed by atoms with Gasteiger partial charge in [-0.05, 0) is 42.5 Å². The molecule has 0 unspecified atom stereocenters. The van der Waals surface area contributed by atoms with Gasteiger partial charge in [0.15, 0.2) is 6.10 Å². The van der Waals surface area contributed by atoms with Crippen LogP contribution in [0.1, 0.15) is 27.2 Å². The molecule has 31 heavy (non-hydrogen) atoms. The standard InChI is InChI=1S/C24H25NO6/c1-14(2)11-20(24(28)29)25-23(27)15(3)30-17-9-10-18-19(16-7-5-4-6-8-16)13-22(26)31-21(18)12-17/h4-10,12-15,20H,11H2,1-3H3,(H,25,27)(H,28,29)/t15-,20-/m1/s1. The maximum absolute atomic E-state index is 12.4. The summed E-state index contributed by atoms with van der Waals surface area (Å²) in [7, 11) is 0. The van der Waals surface area contributed by atoms with Crippen LogP contribution >= 0.6 is 0 Å². The van der Waals surface area contributed by atoms with Gasteiger partial charge in [0.25, 0.3) is 5.91 Å². The Morgan fingerprint density at radius 2 is 1.77 bits per heavy atom. The Morgan fingerprint density at radius 1 is 1.06 bits per heavy atom. The number of rotatable bonds is 8. The summed E-state index contributed by atoms with van der Waals surface area (Å²) in [6, 6.07) is 14.9. The molecule has 7 nitrogen and oxygen atoms in total. The number of carboxylic acid groups (broad SMARTS) is 1. The molecule has 0 aliphatic rings. The van der Waals surface area contributed by atoms with Crippen LogP contribution in [-0.4, -0.2) is 29.1 Å². The summed E-state index contributed by atoms with van der Waals surface area (Å²) in [6.45, 7) is 5.30. The van der Waals surface area contributed by atoms with Crippen molar-refractivity contribution in [2.45, 2.75) is 39.3 Å². The molecule has 1 aromatic heterocycles. The molecule has 0 spiro atoms. The molecular weight excluding hydrogens is 398 g/mol. The molecule has 1 amide bonds. The molecule has 2 aromatic carbocycles. The van der Waals surface area contributed by atoms with Crippen LogP contribution in [0.5, 0.6) is 5.75 Å². The first-order valence-electron chi connectivity index (χ1n) is 10.1. The lowest BCUT2D eigenvalue weighted by molar-refractivity contribution is -0.143. The van der Waals surface area contributed by atoms with Crippen LogP contribution in [0.3, 0.4) is 0 Å². The third-order valence-electron chi connectivity index (χ3n) is 4.80. The van der Waals surface area contributed by atoms with Gasteiger partial charge in [-0.15, -0.1) is 0 Å². The number of carbonyl (C=O) groups excluding carboxylic acids is 1. The normalized spacial score (nSPS) is 13.0. The Labute approximate surface area is 179 Å². The number of carbonyl (C=O) groups is 2. The van der Waals surface area contributed by atoms with Crippen LogP contribution < -0.4 is 15.7 Å².